The van der Waals surface area contributed by atoms with Crippen LogP contribution < -0.4 is 11.1 Å². The fourth-order valence-electron chi connectivity index (χ4n) is 2.54. The minimum absolute atomic E-state index is 0.0428. The minimum Gasteiger partial charge on any atom is -0.456 e. The molecular weight excluding hydrogens is 370 g/mol. The van der Waals surface area contributed by atoms with Crippen LogP contribution in [0.5, 0.6) is 0 Å². The summed E-state index contributed by atoms with van der Waals surface area (Å²) in [5.41, 5.74) is 1.01. The van der Waals surface area contributed by atoms with Gasteiger partial charge in [-0.1, -0.05) is 18.2 Å². The zero-order valence-electron chi connectivity index (χ0n) is 14.5. The van der Waals surface area contributed by atoms with E-state index >= 15 is 0 Å². The van der Waals surface area contributed by atoms with Gasteiger partial charge in [-0.3, -0.25) is 24.3 Å². The maximum atomic E-state index is 11.8. The zero-order chi connectivity index (χ0) is 20.1. The summed E-state index contributed by atoms with van der Waals surface area (Å²) in [4.78, 5) is 45.6. The number of hydrogen-bond acceptors (Lipinski definition) is 7. The molecule has 1 amide bonds. The summed E-state index contributed by atoms with van der Waals surface area (Å²) in [6.45, 7) is -0.510. The summed E-state index contributed by atoms with van der Waals surface area (Å²) < 4.78 is 11.2. The Kier molecular flexibility index (Phi) is 5.49. The van der Waals surface area contributed by atoms with Gasteiger partial charge in [0.2, 0.25) is 0 Å². The highest BCUT2D eigenvalue weighted by atomic mass is 16.6. The summed E-state index contributed by atoms with van der Waals surface area (Å²) in [6, 6.07) is 12.2. The third kappa shape index (κ3) is 4.41. The zero-order valence-corrected chi connectivity index (χ0v) is 14.5. The van der Waals surface area contributed by atoms with E-state index in [0.29, 0.717) is 11.1 Å². The van der Waals surface area contributed by atoms with Crippen LogP contribution in [-0.2, 0) is 20.9 Å². The number of nitrogens with one attached hydrogen (secondary N) is 1. The highest BCUT2D eigenvalue weighted by Crippen LogP contribution is 2.17. The molecule has 0 spiro atoms. The molecule has 0 fully saturated rings. The van der Waals surface area contributed by atoms with E-state index in [1.54, 1.807) is 24.3 Å². The number of nitro groups is 1. The number of non-ortho nitro benzene ring substituents is 1. The number of anilines is 1. The van der Waals surface area contributed by atoms with Gasteiger partial charge in [-0.15, -0.1) is 0 Å². The van der Waals surface area contributed by atoms with Gasteiger partial charge in [-0.25, -0.2) is 4.79 Å². The summed E-state index contributed by atoms with van der Waals surface area (Å²) in [5.74, 6) is -1.90. The number of nitro benzene ring substituents is 1. The third-order valence-corrected chi connectivity index (χ3v) is 3.82. The number of para-hydroxylation sites is 2. The molecular formula is C18H15N3O7. The van der Waals surface area contributed by atoms with Crippen molar-refractivity contribution in [2.24, 2.45) is 0 Å². The van der Waals surface area contributed by atoms with Gasteiger partial charge in [0.1, 0.15) is 0 Å². The van der Waals surface area contributed by atoms with Crippen molar-refractivity contribution in [2.45, 2.75) is 13.0 Å². The van der Waals surface area contributed by atoms with Crippen LogP contribution in [0.4, 0.5) is 11.4 Å². The predicted octanol–water partition coefficient (Wildman–Crippen LogP) is 2.07. The van der Waals surface area contributed by atoms with E-state index in [2.05, 4.69) is 5.32 Å². The van der Waals surface area contributed by atoms with Crippen LogP contribution >= 0.6 is 0 Å². The number of amides is 1. The first-order valence-electron chi connectivity index (χ1n) is 8.22. The molecule has 0 saturated heterocycles. The Hall–Kier alpha value is -3.95. The molecule has 3 aromatic rings. The van der Waals surface area contributed by atoms with Crippen molar-refractivity contribution in [3.8, 4) is 0 Å². The number of oxazole rings is 1. The number of fused-ring (bicyclic) bond motifs is 1. The third-order valence-electron chi connectivity index (χ3n) is 3.82. The maximum absolute atomic E-state index is 11.8. The lowest BCUT2D eigenvalue weighted by atomic mass is 10.3. The SMILES string of the molecule is O=C(COC(=O)CCn1c(=O)oc2ccccc21)Nc1cccc([N+](=O)[O-])c1. The number of benzene rings is 2. The lowest BCUT2D eigenvalue weighted by Crippen LogP contribution is -2.22. The van der Waals surface area contributed by atoms with Crippen LogP contribution in [-0.4, -0.2) is 28.0 Å². The van der Waals surface area contributed by atoms with Gasteiger partial charge in [0.05, 0.1) is 16.9 Å². The van der Waals surface area contributed by atoms with Gasteiger partial charge in [0.15, 0.2) is 12.2 Å². The lowest BCUT2D eigenvalue weighted by molar-refractivity contribution is -0.384. The molecule has 10 nitrogen and oxygen atoms in total. The average molecular weight is 385 g/mol. The largest absolute Gasteiger partial charge is 0.456 e. The number of carbonyl (C=O) groups is 2. The van der Waals surface area contributed by atoms with E-state index in [1.807, 2.05) is 0 Å². The van der Waals surface area contributed by atoms with Gasteiger partial charge >= 0.3 is 11.7 Å². The normalized spacial score (nSPS) is 10.6. The summed E-state index contributed by atoms with van der Waals surface area (Å²) >= 11 is 0. The number of nitrogens with zero attached hydrogens (tertiary/aromatic N) is 2. The summed E-state index contributed by atoms with van der Waals surface area (Å²) in [6.07, 6.45) is -0.131. The fourth-order valence-corrected chi connectivity index (χ4v) is 2.54. The van der Waals surface area contributed by atoms with E-state index in [-0.39, 0.29) is 24.3 Å². The number of ether oxygens (including phenoxy) is 1. The van der Waals surface area contributed by atoms with Gasteiger partial charge < -0.3 is 14.5 Å². The molecule has 3 rings (SSSR count). The predicted molar refractivity (Wildman–Crippen MR) is 97.8 cm³/mol. The topological polar surface area (TPSA) is 134 Å². The second kappa shape index (κ2) is 8.16. The van der Waals surface area contributed by atoms with Crippen LogP contribution in [0, 0.1) is 10.1 Å². The Morgan fingerprint density at radius 3 is 2.75 bits per heavy atom. The van der Waals surface area contributed by atoms with Crippen molar-refractivity contribution in [3.63, 3.8) is 0 Å². The molecule has 1 heterocycles. The Balaban J connectivity index is 1.51. The summed E-state index contributed by atoms with van der Waals surface area (Å²) in [5, 5.41) is 13.1. The van der Waals surface area contributed by atoms with Crippen molar-refractivity contribution < 1.29 is 23.7 Å². The van der Waals surface area contributed by atoms with Crippen LogP contribution in [0.15, 0.2) is 57.7 Å². The highest BCUT2D eigenvalue weighted by molar-refractivity contribution is 5.93. The quantitative estimate of drug-likeness (QED) is 0.374. The summed E-state index contributed by atoms with van der Waals surface area (Å²) in [7, 11) is 0. The first-order chi connectivity index (χ1) is 13.4. The van der Waals surface area contributed by atoms with Crippen molar-refractivity contribution in [1.29, 1.82) is 0 Å². The molecule has 0 unspecified atom stereocenters. The average Bonchev–Trinajstić information content (AvgIpc) is 3.00. The molecule has 0 saturated carbocycles. The molecule has 0 radical (unpaired) electrons. The Labute approximate surface area is 157 Å². The van der Waals surface area contributed by atoms with Crippen LogP contribution in [0.2, 0.25) is 0 Å². The fraction of sp³-hybridized carbons (Fsp3) is 0.167. The lowest BCUT2D eigenvalue weighted by Gasteiger charge is -2.07. The molecule has 1 N–H and O–H groups in total. The molecule has 2 aromatic carbocycles. The molecule has 0 bridgehead atoms. The van der Waals surface area contributed by atoms with Gasteiger partial charge in [-0.05, 0) is 18.2 Å². The van der Waals surface area contributed by atoms with Crippen LogP contribution in [0.25, 0.3) is 11.1 Å². The number of rotatable bonds is 7. The van der Waals surface area contributed by atoms with Crippen molar-refractivity contribution in [2.75, 3.05) is 11.9 Å². The first kappa shape index (κ1) is 18.8. The van der Waals surface area contributed by atoms with E-state index < -0.39 is 29.2 Å². The Morgan fingerprint density at radius 2 is 1.96 bits per heavy atom. The number of aromatic nitrogens is 1. The maximum Gasteiger partial charge on any atom is 0.419 e. The van der Waals surface area contributed by atoms with Gasteiger partial charge in [-0.2, -0.15) is 0 Å². The van der Waals surface area contributed by atoms with E-state index in [0.717, 1.165) is 0 Å². The van der Waals surface area contributed by atoms with Gasteiger partial charge in [0.25, 0.3) is 11.6 Å². The minimum atomic E-state index is -0.675. The molecule has 0 aliphatic heterocycles. The second-order valence-corrected chi connectivity index (χ2v) is 5.75. The number of esters is 1. The molecule has 0 aliphatic rings. The molecule has 1 aromatic heterocycles. The molecule has 0 aliphatic carbocycles. The molecule has 10 heteroatoms. The van der Waals surface area contributed by atoms with Crippen LogP contribution in [0.1, 0.15) is 6.42 Å². The van der Waals surface area contributed by atoms with Crippen molar-refractivity contribution in [3.05, 3.63) is 69.2 Å². The molecule has 144 valence electrons. The smallest absolute Gasteiger partial charge is 0.419 e. The van der Waals surface area contributed by atoms with Gasteiger partial charge in [0, 0.05) is 24.4 Å². The molecule has 0 atom stereocenters. The number of hydrogen-bond donors (Lipinski definition) is 1. The highest BCUT2D eigenvalue weighted by Gasteiger charge is 2.13. The second-order valence-electron chi connectivity index (χ2n) is 5.75. The van der Waals surface area contributed by atoms with E-state index in [9.17, 15) is 24.5 Å². The van der Waals surface area contributed by atoms with Crippen LogP contribution in [0.3, 0.4) is 0 Å². The number of carbonyl (C=O) groups excluding carboxylic acids is 2. The first-order valence-corrected chi connectivity index (χ1v) is 8.22. The van der Waals surface area contributed by atoms with E-state index in [1.165, 1.54) is 28.8 Å². The van der Waals surface area contributed by atoms with Crippen molar-refractivity contribution in [1.82, 2.24) is 4.57 Å². The standard InChI is InChI=1S/C18H15N3O7/c22-16(19-12-4-3-5-13(10-12)21(25)26)11-27-17(23)8-9-20-14-6-1-2-7-15(14)28-18(20)24/h1-7,10H,8-9,11H2,(H,19,22). The van der Waals surface area contributed by atoms with E-state index in [4.69, 9.17) is 9.15 Å². The number of aryl methyl sites for hydroxylation is 1. The monoisotopic (exact) mass is 385 g/mol. The molecule has 28 heavy (non-hydrogen) atoms. The Bertz CT molecular complexity index is 1100. The Morgan fingerprint density at radius 1 is 1.18 bits per heavy atom. The van der Waals surface area contributed by atoms with Crippen molar-refractivity contribution >= 4 is 34.4 Å².